The van der Waals surface area contributed by atoms with Crippen LogP contribution in [0.4, 0.5) is 48.3 Å². The quantitative estimate of drug-likeness (QED) is 0.719. The fraction of sp³-hybridized carbons (Fsp3) is 1.00. The van der Waals surface area contributed by atoms with Gasteiger partial charge in [-0.3, -0.25) is 4.74 Å². The third-order valence-corrected chi connectivity index (χ3v) is 1.23. The number of hydrogen-bond donors (Lipinski definition) is 0. The summed E-state index contributed by atoms with van der Waals surface area (Å²) in [6.45, 7) is 0. The maximum atomic E-state index is 12.0. The molecule has 0 saturated heterocycles. The second-order valence-corrected chi connectivity index (χ2v) is 2.56. The predicted molar refractivity (Wildman–Crippen MR) is 28.0 cm³/mol. The first-order valence-electron chi connectivity index (χ1n) is 3.34. The van der Waals surface area contributed by atoms with Crippen molar-refractivity contribution in [3.05, 3.63) is 0 Å². The molecule has 0 saturated carbocycles. The topological polar surface area (TPSA) is 9.23 Å². The summed E-state index contributed by atoms with van der Waals surface area (Å²) in [6, 6.07) is 0. The summed E-state index contributed by atoms with van der Waals surface area (Å²) >= 11 is 0. The minimum atomic E-state index is -6.96. The summed E-state index contributed by atoms with van der Waals surface area (Å²) in [5, 5.41) is 0. The Bertz CT molecular complexity index is 262. The zero-order valence-electron chi connectivity index (χ0n) is 7.14. The molecule has 12 heteroatoms. The first-order valence-corrected chi connectivity index (χ1v) is 3.34. The van der Waals surface area contributed by atoms with Crippen LogP contribution in [0.2, 0.25) is 0 Å². The van der Waals surface area contributed by atoms with Crippen LogP contribution in [0.25, 0.3) is 0 Å². The van der Waals surface area contributed by atoms with E-state index >= 15 is 0 Å². The molecule has 0 fully saturated rings. The van der Waals surface area contributed by atoms with Crippen LogP contribution < -0.4 is 0 Å². The van der Waals surface area contributed by atoms with Gasteiger partial charge in [0.1, 0.15) is 0 Å². The molecular weight excluding hydrogens is 285 g/mol. The third kappa shape index (κ3) is 3.33. The van der Waals surface area contributed by atoms with E-state index in [9.17, 15) is 48.3 Å². The number of halogens is 11. The van der Waals surface area contributed by atoms with E-state index in [1.807, 2.05) is 0 Å². The molecule has 0 spiro atoms. The van der Waals surface area contributed by atoms with Crippen molar-refractivity contribution in [2.24, 2.45) is 0 Å². The van der Waals surface area contributed by atoms with Crippen molar-refractivity contribution in [1.29, 1.82) is 0 Å². The maximum Gasteiger partial charge on any atom is 0.462 e. The Kier molecular flexibility index (Phi) is 3.94. The van der Waals surface area contributed by atoms with E-state index in [1.165, 1.54) is 0 Å². The van der Waals surface area contributed by atoms with Crippen LogP contribution >= 0.6 is 0 Å². The van der Waals surface area contributed by atoms with Crippen LogP contribution in [0.15, 0.2) is 0 Å². The molecule has 0 heterocycles. The van der Waals surface area contributed by atoms with Crippen molar-refractivity contribution in [2.45, 2.75) is 30.7 Å². The second kappa shape index (κ2) is 4.14. The predicted octanol–water partition coefficient (Wildman–Crippen LogP) is 3.65. The zero-order valence-corrected chi connectivity index (χ0v) is 7.14. The minimum absolute atomic E-state index is 1.80. The van der Waals surface area contributed by atoms with Crippen LogP contribution in [-0.2, 0) is 4.74 Å². The molecule has 0 unspecified atom stereocenters. The molecule has 104 valence electrons. The van der Waals surface area contributed by atoms with Crippen molar-refractivity contribution < 1.29 is 53.0 Å². The molecule has 17 heavy (non-hydrogen) atoms. The van der Waals surface area contributed by atoms with Crippen molar-refractivity contribution in [2.75, 3.05) is 0 Å². The van der Waals surface area contributed by atoms with Gasteiger partial charge in [0, 0.05) is 0 Å². The average molecular weight is 286 g/mol. The van der Waals surface area contributed by atoms with E-state index < -0.39 is 30.7 Å². The van der Waals surface area contributed by atoms with Crippen molar-refractivity contribution in [3.63, 3.8) is 0 Å². The lowest BCUT2D eigenvalue weighted by atomic mass is 10.3. The van der Waals surface area contributed by atoms with Gasteiger partial charge in [-0.05, 0) is 0 Å². The van der Waals surface area contributed by atoms with E-state index in [0.717, 1.165) is 0 Å². The van der Waals surface area contributed by atoms with Crippen LogP contribution in [-0.4, -0.2) is 30.7 Å². The lowest BCUT2D eigenvalue weighted by Crippen LogP contribution is -2.55. The number of hydrogen-bond acceptors (Lipinski definition) is 1. The van der Waals surface area contributed by atoms with E-state index in [-0.39, 0.29) is 0 Å². The molecule has 0 bridgehead atoms. The number of alkyl halides is 11. The highest BCUT2D eigenvalue weighted by atomic mass is 19.4. The molecule has 1 atom stereocenters. The second-order valence-electron chi connectivity index (χ2n) is 2.56. The first-order chi connectivity index (χ1) is 7.13. The fourth-order valence-electron chi connectivity index (χ4n) is 0.436. The lowest BCUT2D eigenvalue weighted by molar-refractivity contribution is -0.457. The van der Waals surface area contributed by atoms with E-state index in [4.69, 9.17) is 0 Å². The summed E-state index contributed by atoms with van der Waals surface area (Å²) in [6.07, 6.45) is -24.7. The molecule has 0 aromatic carbocycles. The Morgan fingerprint density at radius 2 is 1.06 bits per heavy atom. The SMILES string of the molecule is F[C@@H](OC(F)(F)C(F)(F)C(F)(F)F)C(F)(F)F. The molecule has 0 rings (SSSR count). The molecule has 0 radical (unpaired) electrons. The van der Waals surface area contributed by atoms with Gasteiger partial charge in [-0.25, -0.2) is 4.39 Å². The lowest BCUT2D eigenvalue weighted by Gasteiger charge is -2.28. The van der Waals surface area contributed by atoms with Crippen LogP contribution in [0.1, 0.15) is 0 Å². The van der Waals surface area contributed by atoms with Gasteiger partial charge in [0.2, 0.25) is 0 Å². The largest absolute Gasteiger partial charge is 0.462 e. The minimum Gasteiger partial charge on any atom is -0.272 e. The Morgan fingerprint density at radius 1 is 0.706 bits per heavy atom. The van der Waals surface area contributed by atoms with Gasteiger partial charge in [-0.1, -0.05) is 0 Å². The highest BCUT2D eigenvalue weighted by Crippen LogP contribution is 2.48. The van der Waals surface area contributed by atoms with Crippen molar-refractivity contribution in [1.82, 2.24) is 0 Å². The molecule has 0 N–H and O–H groups in total. The standard InChI is InChI=1S/C5HF11O/c6-1(2(7,8)9)17-5(15,16)3(10,11)4(12,13)14/h1H/t1-/m0/s1. The van der Waals surface area contributed by atoms with Crippen LogP contribution in [0, 0.1) is 0 Å². The molecule has 1 nitrogen and oxygen atoms in total. The molecule has 0 aromatic heterocycles. The fourth-order valence-corrected chi connectivity index (χ4v) is 0.436. The van der Waals surface area contributed by atoms with Gasteiger partial charge in [0.15, 0.2) is 0 Å². The summed E-state index contributed by atoms with van der Waals surface area (Å²) in [5.74, 6) is -6.96. The van der Waals surface area contributed by atoms with Crippen molar-refractivity contribution >= 4 is 0 Å². The Morgan fingerprint density at radius 3 is 1.29 bits per heavy atom. The van der Waals surface area contributed by atoms with Gasteiger partial charge in [0.05, 0.1) is 0 Å². The molecule has 0 aromatic rings. The van der Waals surface area contributed by atoms with Gasteiger partial charge >= 0.3 is 24.4 Å². The summed E-state index contributed by atoms with van der Waals surface area (Å²) in [4.78, 5) is 0. The van der Waals surface area contributed by atoms with Gasteiger partial charge in [0.25, 0.3) is 6.36 Å². The monoisotopic (exact) mass is 286 g/mol. The Hall–Kier alpha value is -0.810. The molecule has 0 aliphatic carbocycles. The van der Waals surface area contributed by atoms with Crippen molar-refractivity contribution in [3.8, 4) is 0 Å². The zero-order chi connectivity index (χ0) is 14.3. The van der Waals surface area contributed by atoms with E-state index in [2.05, 4.69) is 0 Å². The molecule has 0 aliphatic heterocycles. The van der Waals surface area contributed by atoms with Gasteiger partial charge in [-0.2, -0.15) is 43.9 Å². The average Bonchev–Trinajstić information content (AvgIpc) is 1.98. The van der Waals surface area contributed by atoms with Crippen LogP contribution in [0.5, 0.6) is 0 Å². The highest BCUT2D eigenvalue weighted by Gasteiger charge is 2.76. The van der Waals surface area contributed by atoms with Gasteiger partial charge < -0.3 is 0 Å². The maximum absolute atomic E-state index is 12.0. The van der Waals surface area contributed by atoms with E-state index in [1.54, 1.807) is 4.74 Å². The Labute approximate surface area is 85.1 Å². The highest BCUT2D eigenvalue weighted by molar-refractivity contribution is 4.85. The normalized spacial score (nSPS) is 17.1. The van der Waals surface area contributed by atoms with Crippen LogP contribution in [0.3, 0.4) is 0 Å². The Balaban J connectivity index is 5.04. The van der Waals surface area contributed by atoms with Gasteiger partial charge in [-0.15, -0.1) is 0 Å². The molecular formula is C5HF11O. The molecule has 0 amide bonds. The number of ether oxygens (including phenoxy) is 1. The smallest absolute Gasteiger partial charge is 0.272 e. The number of rotatable bonds is 3. The first kappa shape index (κ1) is 16.2. The van der Waals surface area contributed by atoms with E-state index in [0.29, 0.717) is 0 Å². The molecule has 0 aliphatic rings. The third-order valence-electron chi connectivity index (χ3n) is 1.23. The summed E-state index contributed by atoms with van der Waals surface area (Å²) in [5.41, 5.74) is 0. The summed E-state index contributed by atoms with van der Waals surface area (Å²) < 4.78 is 130. The summed E-state index contributed by atoms with van der Waals surface area (Å²) in [7, 11) is 0.